The molecular formula is C9H7N5O3. The Morgan fingerprint density at radius 1 is 1.41 bits per heavy atom. The number of rotatable bonds is 3. The van der Waals surface area contributed by atoms with Gasteiger partial charge in [-0.25, -0.2) is 9.78 Å². The fourth-order valence-electron chi connectivity index (χ4n) is 1.17. The molecule has 0 saturated carbocycles. The molecule has 0 radical (unpaired) electrons. The van der Waals surface area contributed by atoms with Gasteiger partial charge in [-0.3, -0.25) is 4.79 Å². The standard InChI is InChI=1S/C9H7N5O3/c15-8(13-5-2-1-3-12-14-5)6-7(9(16)17)11-4-10-6/h1-4H,(H,10,11)(H,16,17)(H,13,14,15). The van der Waals surface area contributed by atoms with E-state index in [1.54, 1.807) is 6.07 Å². The van der Waals surface area contributed by atoms with Crippen molar-refractivity contribution in [3.05, 3.63) is 36.0 Å². The monoisotopic (exact) mass is 233 g/mol. The maximum atomic E-state index is 11.7. The number of hydrogen-bond acceptors (Lipinski definition) is 5. The summed E-state index contributed by atoms with van der Waals surface area (Å²) < 4.78 is 0. The Morgan fingerprint density at radius 2 is 2.24 bits per heavy atom. The van der Waals surface area contributed by atoms with Crippen LogP contribution in [-0.2, 0) is 0 Å². The lowest BCUT2D eigenvalue weighted by Gasteiger charge is -2.01. The van der Waals surface area contributed by atoms with Crippen molar-refractivity contribution in [1.82, 2.24) is 20.2 Å². The Bertz CT molecular complexity index is 551. The summed E-state index contributed by atoms with van der Waals surface area (Å²) >= 11 is 0. The lowest BCUT2D eigenvalue weighted by molar-refractivity contribution is 0.0686. The van der Waals surface area contributed by atoms with Crippen molar-refractivity contribution in [2.24, 2.45) is 0 Å². The minimum atomic E-state index is -1.26. The lowest BCUT2D eigenvalue weighted by atomic mass is 10.3. The Kier molecular flexibility index (Phi) is 2.77. The lowest BCUT2D eigenvalue weighted by Crippen LogP contribution is -2.17. The van der Waals surface area contributed by atoms with Gasteiger partial charge in [0.2, 0.25) is 0 Å². The van der Waals surface area contributed by atoms with Crippen LogP contribution in [0, 0.1) is 0 Å². The molecule has 0 saturated heterocycles. The molecule has 0 unspecified atom stereocenters. The Labute approximate surface area is 94.7 Å². The first-order chi connectivity index (χ1) is 8.18. The number of nitrogens with zero attached hydrogens (tertiary/aromatic N) is 3. The zero-order valence-electron chi connectivity index (χ0n) is 8.41. The first-order valence-corrected chi connectivity index (χ1v) is 4.54. The SMILES string of the molecule is O=C(Nc1cccnn1)c1nc[nH]c1C(=O)O. The number of anilines is 1. The van der Waals surface area contributed by atoms with Gasteiger partial charge in [0.25, 0.3) is 5.91 Å². The van der Waals surface area contributed by atoms with Crippen LogP contribution in [-0.4, -0.2) is 37.1 Å². The molecule has 8 heteroatoms. The van der Waals surface area contributed by atoms with Crippen molar-refractivity contribution >= 4 is 17.7 Å². The minimum Gasteiger partial charge on any atom is -0.477 e. The van der Waals surface area contributed by atoms with Gasteiger partial charge in [-0.05, 0) is 12.1 Å². The summed E-state index contributed by atoms with van der Waals surface area (Å²) in [6.45, 7) is 0. The molecule has 86 valence electrons. The van der Waals surface area contributed by atoms with E-state index in [1.807, 2.05) is 0 Å². The van der Waals surface area contributed by atoms with Crippen molar-refractivity contribution < 1.29 is 14.7 Å². The van der Waals surface area contributed by atoms with Gasteiger partial charge in [0.1, 0.15) is 0 Å². The zero-order chi connectivity index (χ0) is 12.3. The second kappa shape index (κ2) is 4.39. The molecule has 17 heavy (non-hydrogen) atoms. The first-order valence-electron chi connectivity index (χ1n) is 4.54. The molecule has 8 nitrogen and oxygen atoms in total. The van der Waals surface area contributed by atoms with Gasteiger partial charge >= 0.3 is 5.97 Å². The molecule has 0 atom stereocenters. The van der Waals surface area contributed by atoms with Crippen LogP contribution in [0.25, 0.3) is 0 Å². The van der Waals surface area contributed by atoms with Gasteiger partial charge in [0.15, 0.2) is 17.2 Å². The summed E-state index contributed by atoms with van der Waals surface area (Å²) in [5, 5.41) is 18.4. The molecule has 2 rings (SSSR count). The number of nitrogens with one attached hydrogen (secondary N) is 2. The maximum absolute atomic E-state index is 11.7. The van der Waals surface area contributed by atoms with E-state index in [9.17, 15) is 9.59 Å². The molecule has 1 amide bonds. The summed E-state index contributed by atoms with van der Waals surface area (Å²) in [5.41, 5.74) is -0.477. The van der Waals surface area contributed by atoms with Crippen LogP contribution >= 0.6 is 0 Å². The van der Waals surface area contributed by atoms with E-state index in [4.69, 9.17) is 5.11 Å². The van der Waals surface area contributed by atoms with Crippen molar-refractivity contribution in [2.45, 2.75) is 0 Å². The highest BCUT2D eigenvalue weighted by molar-refractivity contribution is 6.08. The summed E-state index contributed by atoms with van der Waals surface area (Å²) in [6, 6.07) is 3.11. The highest BCUT2D eigenvalue weighted by Gasteiger charge is 2.19. The molecule has 2 aromatic rings. The van der Waals surface area contributed by atoms with Gasteiger partial charge in [-0.15, -0.1) is 5.10 Å². The predicted octanol–water partition coefficient (Wildman–Crippen LogP) is 0.150. The van der Waals surface area contributed by atoms with E-state index < -0.39 is 11.9 Å². The van der Waals surface area contributed by atoms with Gasteiger partial charge in [-0.1, -0.05) is 0 Å². The average molecular weight is 233 g/mol. The van der Waals surface area contributed by atoms with Crippen molar-refractivity contribution in [3.8, 4) is 0 Å². The third-order valence-corrected chi connectivity index (χ3v) is 1.88. The summed E-state index contributed by atoms with van der Waals surface area (Å²) in [5.74, 6) is -1.70. The third kappa shape index (κ3) is 2.25. The van der Waals surface area contributed by atoms with E-state index in [1.165, 1.54) is 12.3 Å². The van der Waals surface area contributed by atoms with E-state index in [0.29, 0.717) is 0 Å². The normalized spacial score (nSPS) is 9.88. The second-order valence-corrected chi connectivity index (χ2v) is 2.99. The van der Waals surface area contributed by atoms with E-state index in [-0.39, 0.29) is 17.2 Å². The summed E-state index contributed by atoms with van der Waals surface area (Å²) in [7, 11) is 0. The molecule has 3 N–H and O–H groups in total. The fraction of sp³-hybridized carbons (Fsp3) is 0. The number of amides is 1. The van der Waals surface area contributed by atoms with Crippen LogP contribution in [0.3, 0.4) is 0 Å². The van der Waals surface area contributed by atoms with E-state index in [2.05, 4.69) is 25.5 Å². The molecule has 0 spiro atoms. The Balaban J connectivity index is 2.21. The predicted molar refractivity (Wildman–Crippen MR) is 55.5 cm³/mol. The molecule has 2 aromatic heterocycles. The van der Waals surface area contributed by atoms with Crippen LogP contribution in [0.1, 0.15) is 21.0 Å². The molecule has 0 fully saturated rings. The van der Waals surface area contributed by atoms with Gasteiger partial charge < -0.3 is 15.4 Å². The quantitative estimate of drug-likeness (QED) is 0.693. The molecule has 0 bridgehead atoms. The fourth-order valence-corrected chi connectivity index (χ4v) is 1.17. The van der Waals surface area contributed by atoms with Gasteiger partial charge in [-0.2, -0.15) is 5.10 Å². The van der Waals surface area contributed by atoms with Crippen molar-refractivity contribution in [2.75, 3.05) is 5.32 Å². The second-order valence-electron chi connectivity index (χ2n) is 2.99. The number of aromatic carboxylic acids is 1. The van der Waals surface area contributed by atoms with Crippen LogP contribution in [0.2, 0.25) is 0 Å². The number of H-pyrrole nitrogens is 1. The van der Waals surface area contributed by atoms with Crippen LogP contribution in [0.5, 0.6) is 0 Å². The van der Waals surface area contributed by atoms with E-state index in [0.717, 1.165) is 6.33 Å². The van der Waals surface area contributed by atoms with E-state index >= 15 is 0 Å². The number of aromatic nitrogens is 4. The number of imidazole rings is 1. The van der Waals surface area contributed by atoms with Crippen LogP contribution < -0.4 is 5.32 Å². The first kappa shape index (κ1) is 10.7. The highest BCUT2D eigenvalue weighted by Crippen LogP contribution is 2.06. The number of aromatic amines is 1. The molecular weight excluding hydrogens is 226 g/mol. The average Bonchev–Trinajstić information content (AvgIpc) is 2.79. The number of carbonyl (C=O) groups excluding carboxylic acids is 1. The summed E-state index contributed by atoms with van der Waals surface area (Å²) in [6.07, 6.45) is 2.59. The summed E-state index contributed by atoms with van der Waals surface area (Å²) in [4.78, 5) is 28.4. The zero-order valence-corrected chi connectivity index (χ0v) is 8.41. The molecule has 2 heterocycles. The molecule has 0 aliphatic heterocycles. The van der Waals surface area contributed by atoms with Crippen molar-refractivity contribution in [3.63, 3.8) is 0 Å². The number of hydrogen-bond donors (Lipinski definition) is 3. The molecule has 0 aliphatic rings. The molecule has 0 aromatic carbocycles. The van der Waals surface area contributed by atoms with Gasteiger partial charge in [0, 0.05) is 6.20 Å². The van der Waals surface area contributed by atoms with Crippen LogP contribution in [0.4, 0.5) is 5.82 Å². The van der Waals surface area contributed by atoms with Crippen molar-refractivity contribution in [1.29, 1.82) is 0 Å². The smallest absolute Gasteiger partial charge is 0.354 e. The Hall–Kier alpha value is -2.77. The maximum Gasteiger partial charge on any atom is 0.354 e. The Morgan fingerprint density at radius 3 is 2.88 bits per heavy atom. The van der Waals surface area contributed by atoms with Gasteiger partial charge in [0.05, 0.1) is 6.33 Å². The topological polar surface area (TPSA) is 121 Å². The minimum absolute atomic E-state index is 0.205. The highest BCUT2D eigenvalue weighted by atomic mass is 16.4. The molecule has 0 aliphatic carbocycles. The third-order valence-electron chi connectivity index (χ3n) is 1.88. The van der Waals surface area contributed by atoms with Crippen LogP contribution in [0.15, 0.2) is 24.7 Å². The number of carboxylic acid groups (broad SMARTS) is 1. The number of carbonyl (C=O) groups is 2. The largest absolute Gasteiger partial charge is 0.477 e. The number of carboxylic acids is 1.